The van der Waals surface area contributed by atoms with Gasteiger partial charge in [0.05, 0.1) is 4.48 Å². The lowest BCUT2D eigenvalue weighted by atomic mass is 10.4. The van der Waals surface area contributed by atoms with E-state index in [0.29, 0.717) is 4.48 Å². The minimum atomic E-state index is -1.45. The first-order valence-electron chi connectivity index (χ1n) is 2.35. The number of dihydropyridines is 1. The standard InChI is InChI=1S/C5H5BrClNO/c6-4-2-1-3-8-5(4,7)9/h1-3,8-9H. The number of halogens is 2. The van der Waals surface area contributed by atoms with E-state index in [9.17, 15) is 0 Å². The highest BCUT2D eigenvalue weighted by Crippen LogP contribution is 2.26. The highest BCUT2D eigenvalue weighted by molar-refractivity contribution is 9.11. The number of hydrogen-bond donors (Lipinski definition) is 2. The number of hydrogen-bond acceptors (Lipinski definition) is 2. The van der Waals surface area contributed by atoms with Gasteiger partial charge in [-0.3, -0.25) is 0 Å². The van der Waals surface area contributed by atoms with E-state index >= 15 is 0 Å². The first-order chi connectivity index (χ1) is 4.13. The fourth-order valence-corrected chi connectivity index (χ4v) is 0.864. The second kappa shape index (κ2) is 2.33. The minimum Gasteiger partial charge on any atom is -0.354 e. The minimum absolute atomic E-state index is 0.513. The number of rotatable bonds is 0. The Labute approximate surface area is 66.3 Å². The van der Waals surface area contributed by atoms with Gasteiger partial charge in [-0.25, -0.2) is 0 Å². The van der Waals surface area contributed by atoms with Crippen LogP contribution in [0.1, 0.15) is 0 Å². The Morgan fingerprint density at radius 2 is 2.44 bits per heavy atom. The van der Waals surface area contributed by atoms with Crippen molar-refractivity contribution in [1.29, 1.82) is 0 Å². The van der Waals surface area contributed by atoms with Gasteiger partial charge >= 0.3 is 0 Å². The maximum Gasteiger partial charge on any atom is 0.247 e. The van der Waals surface area contributed by atoms with Gasteiger partial charge in [-0.05, 0) is 28.1 Å². The van der Waals surface area contributed by atoms with Crippen molar-refractivity contribution in [2.45, 2.75) is 5.18 Å². The molecule has 0 saturated heterocycles. The molecule has 0 aromatic carbocycles. The molecule has 0 amide bonds. The molecule has 0 radical (unpaired) electrons. The van der Waals surface area contributed by atoms with Crippen LogP contribution in [0.25, 0.3) is 0 Å². The first kappa shape index (κ1) is 7.12. The Morgan fingerprint density at radius 3 is 2.78 bits per heavy atom. The molecule has 0 aromatic heterocycles. The third kappa shape index (κ3) is 1.47. The summed E-state index contributed by atoms with van der Waals surface area (Å²) in [5.74, 6) is 0. The molecule has 0 spiro atoms. The fourth-order valence-electron chi connectivity index (χ4n) is 0.471. The first-order valence-corrected chi connectivity index (χ1v) is 3.52. The predicted octanol–water partition coefficient (Wildman–Crippen LogP) is 1.27. The van der Waals surface area contributed by atoms with Crippen LogP contribution < -0.4 is 5.32 Å². The van der Waals surface area contributed by atoms with Crippen molar-refractivity contribution in [2.75, 3.05) is 0 Å². The number of nitrogens with one attached hydrogen (secondary N) is 1. The van der Waals surface area contributed by atoms with Gasteiger partial charge in [0, 0.05) is 6.20 Å². The monoisotopic (exact) mass is 209 g/mol. The van der Waals surface area contributed by atoms with Gasteiger partial charge in [-0.2, -0.15) is 0 Å². The molecule has 1 atom stereocenters. The van der Waals surface area contributed by atoms with E-state index in [1.165, 1.54) is 0 Å². The smallest absolute Gasteiger partial charge is 0.247 e. The van der Waals surface area contributed by atoms with Crippen molar-refractivity contribution in [3.63, 3.8) is 0 Å². The fraction of sp³-hybridized carbons (Fsp3) is 0.200. The summed E-state index contributed by atoms with van der Waals surface area (Å²) in [4.78, 5) is 0. The van der Waals surface area contributed by atoms with Crippen LogP contribution in [-0.4, -0.2) is 10.3 Å². The zero-order valence-corrected chi connectivity index (χ0v) is 6.78. The van der Waals surface area contributed by atoms with Gasteiger partial charge in [-0.1, -0.05) is 11.6 Å². The summed E-state index contributed by atoms with van der Waals surface area (Å²) in [6.07, 6.45) is 4.97. The molecule has 9 heavy (non-hydrogen) atoms. The van der Waals surface area contributed by atoms with Crippen molar-refractivity contribution in [1.82, 2.24) is 5.32 Å². The topological polar surface area (TPSA) is 32.3 Å². The quantitative estimate of drug-likeness (QED) is 0.466. The van der Waals surface area contributed by atoms with Crippen molar-refractivity contribution >= 4 is 27.5 Å². The summed E-state index contributed by atoms with van der Waals surface area (Å²) >= 11 is 8.58. The summed E-state index contributed by atoms with van der Waals surface area (Å²) in [7, 11) is 0. The predicted molar refractivity (Wildman–Crippen MR) is 40.1 cm³/mol. The van der Waals surface area contributed by atoms with Crippen LogP contribution in [0, 0.1) is 0 Å². The molecule has 50 valence electrons. The SMILES string of the molecule is OC1(Cl)NC=CC=C1Br. The van der Waals surface area contributed by atoms with Crippen LogP contribution in [0.2, 0.25) is 0 Å². The molecule has 1 heterocycles. The molecule has 1 aliphatic heterocycles. The maximum absolute atomic E-state index is 9.13. The van der Waals surface area contributed by atoms with Gasteiger partial charge < -0.3 is 10.4 Å². The second-order valence-electron chi connectivity index (χ2n) is 1.64. The third-order valence-corrected chi connectivity index (χ3v) is 2.31. The van der Waals surface area contributed by atoms with Crippen LogP contribution in [0.5, 0.6) is 0 Å². The molecule has 2 nitrogen and oxygen atoms in total. The third-order valence-electron chi connectivity index (χ3n) is 0.930. The van der Waals surface area contributed by atoms with E-state index in [1.807, 2.05) is 0 Å². The summed E-state index contributed by atoms with van der Waals surface area (Å²) in [5, 5.41) is 10.2. The zero-order valence-electron chi connectivity index (χ0n) is 4.44. The average Bonchev–Trinajstić information content (AvgIpc) is 1.77. The van der Waals surface area contributed by atoms with E-state index < -0.39 is 5.18 Å². The van der Waals surface area contributed by atoms with Crippen molar-refractivity contribution in [3.05, 3.63) is 22.8 Å². The molecular weight excluding hydrogens is 205 g/mol. The molecule has 1 aliphatic rings. The van der Waals surface area contributed by atoms with E-state index in [2.05, 4.69) is 21.2 Å². The Balaban J connectivity index is 2.83. The Kier molecular flexibility index (Phi) is 1.84. The van der Waals surface area contributed by atoms with Gasteiger partial charge in [0.15, 0.2) is 0 Å². The average molecular weight is 210 g/mol. The largest absolute Gasteiger partial charge is 0.354 e. The maximum atomic E-state index is 9.13. The van der Waals surface area contributed by atoms with Crippen molar-refractivity contribution in [3.8, 4) is 0 Å². The molecule has 0 saturated carbocycles. The second-order valence-corrected chi connectivity index (χ2v) is 3.04. The highest BCUT2D eigenvalue weighted by Gasteiger charge is 2.26. The molecule has 2 N–H and O–H groups in total. The normalized spacial score (nSPS) is 33.4. The Morgan fingerprint density at radius 1 is 1.78 bits per heavy atom. The van der Waals surface area contributed by atoms with Crippen molar-refractivity contribution in [2.24, 2.45) is 0 Å². The molecular formula is C5H5BrClNO. The number of aliphatic hydroxyl groups is 1. The molecule has 1 rings (SSSR count). The van der Waals surface area contributed by atoms with Crippen LogP contribution in [-0.2, 0) is 0 Å². The van der Waals surface area contributed by atoms with Gasteiger partial charge in [0.25, 0.3) is 0 Å². The summed E-state index contributed by atoms with van der Waals surface area (Å²) < 4.78 is 0.513. The van der Waals surface area contributed by atoms with Gasteiger partial charge in [0.1, 0.15) is 0 Å². The van der Waals surface area contributed by atoms with E-state index in [1.54, 1.807) is 18.4 Å². The Bertz CT molecular complexity index is 176. The van der Waals surface area contributed by atoms with Gasteiger partial charge in [0.2, 0.25) is 5.18 Å². The lowest BCUT2D eigenvalue weighted by molar-refractivity contribution is 0.153. The molecule has 0 fully saturated rings. The van der Waals surface area contributed by atoms with Crippen LogP contribution in [0.4, 0.5) is 0 Å². The lowest BCUT2D eigenvalue weighted by Gasteiger charge is -2.22. The lowest BCUT2D eigenvalue weighted by Crippen LogP contribution is -2.37. The van der Waals surface area contributed by atoms with E-state index in [-0.39, 0.29) is 0 Å². The highest BCUT2D eigenvalue weighted by atomic mass is 79.9. The number of alkyl halides is 1. The number of allylic oxidation sites excluding steroid dienone is 2. The van der Waals surface area contributed by atoms with Crippen LogP contribution in [0.15, 0.2) is 22.8 Å². The molecule has 4 heteroatoms. The summed E-state index contributed by atoms with van der Waals surface area (Å²) in [6, 6.07) is 0. The molecule has 0 bridgehead atoms. The molecule has 0 aromatic rings. The summed E-state index contributed by atoms with van der Waals surface area (Å²) in [5.41, 5.74) is 0. The van der Waals surface area contributed by atoms with E-state index in [0.717, 1.165) is 0 Å². The van der Waals surface area contributed by atoms with Crippen LogP contribution >= 0.6 is 27.5 Å². The molecule has 0 aliphatic carbocycles. The van der Waals surface area contributed by atoms with Crippen LogP contribution in [0.3, 0.4) is 0 Å². The summed E-state index contributed by atoms with van der Waals surface area (Å²) in [6.45, 7) is 0. The van der Waals surface area contributed by atoms with E-state index in [4.69, 9.17) is 16.7 Å². The zero-order chi connectivity index (χ0) is 6.91. The molecule has 1 unspecified atom stereocenters. The Hall–Kier alpha value is 0.01000. The van der Waals surface area contributed by atoms with Gasteiger partial charge in [-0.15, -0.1) is 0 Å². The van der Waals surface area contributed by atoms with Crippen molar-refractivity contribution < 1.29 is 5.11 Å².